The van der Waals surface area contributed by atoms with E-state index in [9.17, 15) is 5.21 Å². The second kappa shape index (κ2) is 5.39. The van der Waals surface area contributed by atoms with Crippen LogP contribution in [0.3, 0.4) is 0 Å². The van der Waals surface area contributed by atoms with Gasteiger partial charge in [0, 0.05) is 44.4 Å². The highest BCUT2D eigenvalue weighted by atomic mass is 79.9. The molecule has 1 saturated carbocycles. The van der Waals surface area contributed by atoms with E-state index in [-0.39, 0.29) is 27.6 Å². The molecule has 0 aromatic heterocycles. The fourth-order valence-electron chi connectivity index (χ4n) is 6.85. The number of hydroxylamine groups is 3. The SMILES string of the molecule is COc1ccc2c3c1O[C@H]1C(OC)(OC)C[C@@]4(CBr)[C@H](C2)[N@@+](C)([O-])CC[C@]314. The van der Waals surface area contributed by atoms with Gasteiger partial charge in [-0.1, -0.05) is 22.0 Å². The summed E-state index contributed by atoms with van der Waals surface area (Å²) in [5.41, 5.74) is 1.81. The largest absolute Gasteiger partial charge is 0.633 e. The van der Waals surface area contributed by atoms with Crippen LogP contribution in [0.5, 0.6) is 11.5 Å². The molecule has 1 saturated heterocycles. The first-order valence-corrected chi connectivity index (χ1v) is 10.6. The number of benzene rings is 1. The zero-order chi connectivity index (χ0) is 19.2. The average molecular weight is 440 g/mol. The Kier molecular flexibility index (Phi) is 3.63. The van der Waals surface area contributed by atoms with Gasteiger partial charge in [0.25, 0.3) is 0 Å². The van der Waals surface area contributed by atoms with Crippen LogP contribution in [-0.4, -0.2) is 62.8 Å². The lowest BCUT2D eigenvalue weighted by Gasteiger charge is -2.64. The summed E-state index contributed by atoms with van der Waals surface area (Å²) in [7, 11) is 6.85. The van der Waals surface area contributed by atoms with Gasteiger partial charge in [-0.3, -0.25) is 0 Å². The Balaban J connectivity index is 1.87. The predicted octanol–water partition coefficient (Wildman–Crippen LogP) is 2.74. The number of alkyl halides is 1. The van der Waals surface area contributed by atoms with Crippen LogP contribution in [0.2, 0.25) is 0 Å². The summed E-state index contributed by atoms with van der Waals surface area (Å²) in [6.45, 7) is 0.568. The molecular weight excluding hydrogens is 414 g/mol. The van der Waals surface area contributed by atoms with Crippen LogP contribution in [0.15, 0.2) is 12.1 Å². The highest BCUT2D eigenvalue weighted by molar-refractivity contribution is 9.09. The normalized spacial score (nSPS) is 42.6. The van der Waals surface area contributed by atoms with Crippen molar-refractivity contribution >= 4 is 15.9 Å². The summed E-state index contributed by atoms with van der Waals surface area (Å²) in [4.78, 5) is 0. The molecular formula is C20H26BrNO5. The van der Waals surface area contributed by atoms with Crippen LogP contribution < -0.4 is 9.47 Å². The second-order valence-corrected chi connectivity index (χ2v) is 9.22. The Bertz CT molecular complexity index is 810. The molecule has 7 heteroatoms. The van der Waals surface area contributed by atoms with Crippen molar-refractivity contribution in [3.8, 4) is 11.5 Å². The van der Waals surface area contributed by atoms with Crippen molar-refractivity contribution in [2.24, 2.45) is 5.41 Å². The molecule has 1 spiro atoms. The number of halogens is 1. The lowest BCUT2D eigenvalue weighted by atomic mass is 9.50. The Morgan fingerprint density at radius 3 is 2.67 bits per heavy atom. The standard InChI is InChI=1S/C20H26BrNO5/c1-22(23)8-7-19-15-12-5-6-13(24-2)16(15)27-17(19)20(25-3,26-4)10-18(19,11-21)14(22)9-12/h5-6,14,17H,7-11H2,1-4H3/t14-,17+,18+,19-,22-/m0/s1. The number of quaternary nitrogens is 1. The Morgan fingerprint density at radius 2 is 2.04 bits per heavy atom. The molecule has 2 bridgehead atoms. The molecule has 0 N–H and O–H groups in total. The quantitative estimate of drug-likeness (QED) is 0.312. The first-order valence-electron chi connectivity index (χ1n) is 9.45. The van der Waals surface area contributed by atoms with Gasteiger partial charge in [0.1, 0.15) is 6.04 Å². The number of likely N-dealkylation sites (N-methyl/N-ethyl adjacent to an activating group) is 1. The van der Waals surface area contributed by atoms with Crippen LogP contribution in [-0.2, 0) is 21.3 Å². The summed E-state index contributed by atoms with van der Waals surface area (Å²) >= 11 is 3.81. The zero-order valence-corrected chi connectivity index (χ0v) is 17.8. The zero-order valence-electron chi connectivity index (χ0n) is 16.2. The van der Waals surface area contributed by atoms with Gasteiger partial charge in [-0.2, -0.15) is 0 Å². The van der Waals surface area contributed by atoms with Gasteiger partial charge in [-0.05, 0) is 11.6 Å². The van der Waals surface area contributed by atoms with Gasteiger partial charge in [0.15, 0.2) is 17.6 Å². The molecule has 0 radical (unpaired) electrons. The predicted molar refractivity (Wildman–Crippen MR) is 103 cm³/mol. The molecule has 2 aliphatic heterocycles. The van der Waals surface area contributed by atoms with Gasteiger partial charge in [-0.25, -0.2) is 0 Å². The fourth-order valence-corrected chi connectivity index (χ4v) is 7.92. The number of rotatable bonds is 4. The van der Waals surface area contributed by atoms with E-state index in [4.69, 9.17) is 18.9 Å². The molecule has 27 heavy (non-hydrogen) atoms. The maximum absolute atomic E-state index is 13.6. The van der Waals surface area contributed by atoms with Crippen molar-refractivity contribution in [3.63, 3.8) is 0 Å². The van der Waals surface area contributed by atoms with E-state index in [1.807, 2.05) is 13.1 Å². The fraction of sp³-hybridized carbons (Fsp3) is 0.700. The first-order chi connectivity index (χ1) is 12.9. The number of likely N-dealkylation sites (tertiary alicyclic amines) is 1. The van der Waals surface area contributed by atoms with E-state index in [0.717, 1.165) is 24.3 Å². The van der Waals surface area contributed by atoms with E-state index >= 15 is 0 Å². The minimum Gasteiger partial charge on any atom is -0.633 e. The van der Waals surface area contributed by atoms with E-state index < -0.39 is 5.79 Å². The Morgan fingerprint density at radius 1 is 1.30 bits per heavy atom. The van der Waals surface area contributed by atoms with Crippen molar-refractivity contribution in [2.45, 2.75) is 42.6 Å². The highest BCUT2D eigenvalue weighted by Crippen LogP contribution is 2.74. The van der Waals surface area contributed by atoms with E-state index in [2.05, 4.69) is 22.0 Å². The molecule has 2 aliphatic carbocycles. The average Bonchev–Trinajstić information content (AvgIpc) is 3.15. The molecule has 148 valence electrons. The number of ether oxygens (including phenoxy) is 4. The molecule has 2 fully saturated rings. The number of methoxy groups -OCH3 is 3. The molecule has 4 aliphatic rings. The Hall–Kier alpha value is -0.860. The molecule has 5 rings (SSSR count). The maximum Gasteiger partial charge on any atom is 0.207 e. The topological polar surface area (TPSA) is 60.0 Å². The van der Waals surface area contributed by atoms with Crippen molar-refractivity contribution in [1.29, 1.82) is 0 Å². The molecule has 0 amide bonds. The molecule has 2 heterocycles. The molecule has 0 unspecified atom stereocenters. The summed E-state index contributed by atoms with van der Waals surface area (Å²) in [6, 6.07) is 4.00. The minimum absolute atomic E-state index is 0.0734. The smallest absolute Gasteiger partial charge is 0.207 e. The van der Waals surface area contributed by atoms with Gasteiger partial charge in [-0.15, -0.1) is 0 Å². The van der Waals surface area contributed by atoms with Crippen LogP contribution >= 0.6 is 15.9 Å². The highest BCUT2D eigenvalue weighted by Gasteiger charge is 2.82. The molecule has 1 aromatic rings. The number of hydrogen-bond donors (Lipinski definition) is 0. The monoisotopic (exact) mass is 439 g/mol. The van der Waals surface area contributed by atoms with Crippen LogP contribution in [0.1, 0.15) is 24.0 Å². The summed E-state index contributed by atoms with van der Waals surface area (Å²) < 4.78 is 24.0. The summed E-state index contributed by atoms with van der Waals surface area (Å²) in [5, 5.41) is 14.3. The van der Waals surface area contributed by atoms with E-state index in [1.165, 1.54) is 11.1 Å². The molecule has 6 nitrogen and oxygen atoms in total. The van der Waals surface area contributed by atoms with Gasteiger partial charge < -0.3 is 28.8 Å². The van der Waals surface area contributed by atoms with E-state index in [0.29, 0.717) is 18.3 Å². The van der Waals surface area contributed by atoms with E-state index in [1.54, 1.807) is 21.3 Å². The van der Waals surface area contributed by atoms with Crippen molar-refractivity contribution in [1.82, 2.24) is 0 Å². The second-order valence-electron chi connectivity index (χ2n) is 8.65. The maximum atomic E-state index is 13.6. The third-order valence-corrected chi connectivity index (χ3v) is 9.00. The molecule has 1 aromatic carbocycles. The summed E-state index contributed by atoms with van der Waals surface area (Å²) in [5.74, 6) is 0.664. The minimum atomic E-state index is -0.887. The first kappa shape index (κ1) is 18.2. The van der Waals surface area contributed by atoms with Crippen molar-refractivity contribution < 1.29 is 23.6 Å². The van der Waals surface area contributed by atoms with Gasteiger partial charge in [0.05, 0.1) is 31.5 Å². The van der Waals surface area contributed by atoms with Gasteiger partial charge in [0.2, 0.25) is 5.79 Å². The third-order valence-electron chi connectivity index (χ3n) is 8.00. The number of piperidine rings is 1. The molecule has 5 atom stereocenters. The number of nitrogens with zero attached hydrogens (tertiary/aromatic N) is 1. The van der Waals surface area contributed by atoms with Crippen LogP contribution in [0.25, 0.3) is 0 Å². The van der Waals surface area contributed by atoms with Crippen molar-refractivity contribution in [2.75, 3.05) is 40.3 Å². The third kappa shape index (κ3) is 1.77. The summed E-state index contributed by atoms with van der Waals surface area (Å²) in [6.07, 6.45) is 1.83. The lowest BCUT2D eigenvalue weighted by Crippen LogP contribution is -2.71. The lowest BCUT2D eigenvalue weighted by molar-refractivity contribution is -0.903. The number of hydrogen-bond acceptors (Lipinski definition) is 5. The van der Waals surface area contributed by atoms with Gasteiger partial charge >= 0.3 is 0 Å². The van der Waals surface area contributed by atoms with Crippen LogP contribution in [0.4, 0.5) is 0 Å². The Labute approximate surface area is 168 Å². The van der Waals surface area contributed by atoms with Crippen molar-refractivity contribution in [3.05, 3.63) is 28.5 Å². The van der Waals surface area contributed by atoms with Crippen LogP contribution in [0, 0.1) is 10.6 Å².